The summed E-state index contributed by atoms with van der Waals surface area (Å²) in [7, 11) is 0. The van der Waals surface area contributed by atoms with Gasteiger partial charge in [-0.05, 0) is 48.9 Å². The standard InChI is InChI=1S/C16H24Cl2N2/c1-3-16(4-2)7-8-20(11-16)15(10-19)13-6-5-12(17)9-14(13)18/h5-6,9,15H,3-4,7-8,10-11,19H2,1-2H3. The van der Waals surface area contributed by atoms with Gasteiger partial charge in [0.2, 0.25) is 0 Å². The van der Waals surface area contributed by atoms with Crippen LogP contribution in [0, 0.1) is 5.41 Å². The Kier molecular flexibility index (Phi) is 5.36. The third-order valence-electron chi connectivity index (χ3n) is 4.95. The second-order valence-electron chi connectivity index (χ2n) is 5.84. The van der Waals surface area contributed by atoms with Crippen LogP contribution in [-0.2, 0) is 0 Å². The molecule has 1 saturated heterocycles. The second-order valence-corrected chi connectivity index (χ2v) is 6.69. The summed E-state index contributed by atoms with van der Waals surface area (Å²) >= 11 is 12.3. The summed E-state index contributed by atoms with van der Waals surface area (Å²) in [5, 5.41) is 1.39. The summed E-state index contributed by atoms with van der Waals surface area (Å²) in [5.41, 5.74) is 7.58. The van der Waals surface area contributed by atoms with Crippen LogP contribution in [0.25, 0.3) is 0 Å². The molecule has 0 saturated carbocycles. The van der Waals surface area contributed by atoms with E-state index in [1.54, 1.807) is 0 Å². The van der Waals surface area contributed by atoms with Gasteiger partial charge in [-0.25, -0.2) is 0 Å². The number of hydrogen-bond donors (Lipinski definition) is 1. The minimum Gasteiger partial charge on any atom is -0.329 e. The molecule has 1 heterocycles. The molecule has 0 radical (unpaired) electrons. The third-order valence-corrected chi connectivity index (χ3v) is 5.52. The minimum atomic E-state index is 0.194. The normalized spacial score (nSPS) is 20.2. The first kappa shape index (κ1) is 16.1. The fourth-order valence-corrected chi connectivity index (χ4v) is 3.84. The van der Waals surface area contributed by atoms with Crippen molar-refractivity contribution >= 4 is 23.2 Å². The van der Waals surface area contributed by atoms with Gasteiger partial charge in [-0.3, -0.25) is 4.90 Å². The summed E-state index contributed by atoms with van der Waals surface area (Å²) in [6.07, 6.45) is 3.71. The van der Waals surface area contributed by atoms with E-state index in [4.69, 9.17) is 28.9 Å². The molecule has 1 aromatic carbocycles. The Morgan fingerprint density at radius 3 is 2.50 bits per heavy atom. The van der Waals surface area contributed by atoms with E-state index in [2.05, 4.69) is 18.7 Å². The van der Waals surface area contributed by atoms with Gasteiger partial charge < -0.3 is 5.73 Å². The predicted molar refractivity (Wildman–Crippen MR) is 87.5 cm³/mol. The third kappa shape index (κ3) is 3.14. The Morgan fingerprint density at radius 2 is 2.00 bits per heavy atom. The minimum absolute atomic E-state index is 0.194. The van der Waals surface area contributed by atoms with Crippen LogP contribution in [-0.4, -0.2) is 24.5 Å². The maximum atomic E-state index is 6.35. The van der Waals surface area contributed by atoms with E-state index < -0.39 is 0 Å². The molecule has 1 fully saturated rings. The van der Waals surface area contributed by atoms with E-state index >= 15 is 0 Å². The Hall–Kier alpha value is -0.280. The fourth-order valence-electron chi connectivity index (χ4n) is 3.31. The van der Waals surface area contributed by atoms with Crippen molar-refractivity contribution in [2.45, 2.75) is 39.2 Å². The fraction of sp³-hybridized carbons (Fsp3) is 0.625. The Labute approximate surface area is 132 Å². The van der Waals surface area contributed by atoms with Gasteiger partial charge in [-0.1, -0.05) is 43.1 Å². The van der Waals surface area contributed by atoms with Crippen LogP contribution in [0.15, 0.2) is 18.2 Å². The molecule has 0 aliphatic carbocycles. The van der Waals surface area contributed by atoms with E-state index in [9.17, 15) is 0 Å². The Balaban J connectivity index is 2.21. The van der Waals surface area contributed by atoms with Crippen molar-refractivity contribution in [3.63, 3.8) is 0 Å². The maximum Gasteiger partial charge on any atom is 0.0485 e. The monoisotopic (exact) mass is 314 g/mol. The summed E-state index contributed by atoms with van der Waals surface area (Å²) in [4.78, 5) is 2.49. The quantitative estimate of drug-likeness (QED) is 0.866. The zero-order chi connectivity index (χ0) is 14.8. The van der Waals surface area contributed by atoms with Crippen molar-refractivity contribution in [1.82, 2.24) is 4.90 Å². The molecule has 1 atom stereocenters. The van der Waals surface area contributed by atoms with Crippen molar-refractivity contribution in [2.75, 3.05) is 19.6 Å². The molecular weight excluding hydrogens is 291 g/mol. The number of hydrogen-bond acceptors (Lipinski definition) is 2. The number of likely N-dealkylation sites (tertiary alicyclic amines) is 1. The van der Waals surface area contributed by atoms with Crippen molar-refractivity contribution in [3.8, 4) is 0 Å². The van der Waals surface area contributed by atoms with Gasteiger partial charge in [-0.15, -0.1) is 0 Å². The number of benzene rings is 1. The topological polar surface area (TPSA) is 29.3 Å². The van der Waals surface area contributed by atoms with Gasteiger partial charge >= 0.3 is 0 Å². The number of halogens is 2. The van der Waals surface area contributed by atoms with Crippen LogP contribution in [0.2, 0.25) is 10.0 Å². The molecule has 0 spiro atoms. The van der Waals surface area contributed by atoms with E-state index in [0.29, 0.717) is 17.0 Å². The lowest BCUT2D eigenvalue weighted by molar-refractivity contribution is 0.198. The Morgan fingerprint density at radius 1 is 1.30 bits per heavy atom. The largest absolute Gasteiger partial charge is 0.329 e. The van der Waals surface area contributed by atoms with E-state index in [-0.39, 0.29) is 6.04 Å². The van der Waals surface area contributed by atoms with Crippen LogP contribution in [0.1, 0.15) is 44.7 Å². The summed E-state index contributed by atoms with van der Waals surface area (Å²) in [6, 6.07) is 5.91. The van der Waals surface area contributed by atoms with Gasteiger partial charge in [-0.2, -0.15) is 0 Å². The number of rotatable bonds is 5. The Bertz CT molecular complexity index is 458. The second kappa shape index (κ2) is 6.65. The first-order chi connectivity index (χ1) is 9.55. The molecule has 112 valence electrons. The first-order valence-electron chi connectivity index (χ1n) is 7.44. The zero-order valence-corrected chi connectivity index (χ0v) is 13.8. The van der Waals surface area contributed by atoms with E-state index in [1.807, 2.05) is 18.2 Å². The lowest BCUT2D eigenvalue weighted by Crippen LogP contribution is -2.34. The first-order valence-corrected chi connectivity index (χ1v) is 8.20. The molecular formula is C16H24Cl2N2. The summed E-state index contributed by atoms with van der Waals surface area (Å²) in [5.74, 6) is 0. The van der Waals surface area contributed by atoms with Crippen LogP contribution < -0.4 is 5.73 Å². The molecule has 0 aromatic heterocycles. The molecule has 0 amide bonds. The molecule has 2 N–H and O–H groups in total. The molecule has 2 rings (SSSR count). The van der Waals surface area contributed by atoms with Crippen LogP contribution in [0.4, 0.5) is 0 Å². The van der Waals surface area contributed by atoms with Crippen molar-refractivity contribution < 1.29 is 0 Å². The highest BCUT2D eigenvalue weighted by Gasteiger charge is 2.38. The predicted octanol–water partition coefficient (Wildman–Crippen LogP) is 4.51. The van der Waals surface area contributed by atoms with Crippen molar-refractivity contribution in [2.24, 2.45) is 11.1 Å². The molecule has 20 heavy (non-hydrogen) atoms. The van der Waals surface area contributed by atoms with Crippen LogP contribution in [0.3, 0.4) is 0 Å². The number of nitrogens with two attached hydrogens (primary N) is 1. The molecule has 1 aromatic rings. The summed E-state index contributed by atoms with van der Waals surface area (Å²) in [6.45, 7) is 7.38. The molecule has 1 aliphatic heterocycles. The van der Waals surface area contributed by atoms with Crippen molar-refractivity contribution in [3.05, 3.63) is 33.8 Å². The highest BCUT2D eigenvalue weighted by Crippen LogP contribution is 2.41. The molecule has 1 unspecified atom stereocenters. The molecule has 1 aliphatic rings. The van der Waals surface area contributed by atoms with E-state index in [0.717, 1.165) is 23.7 Å². The van der Waals surface area contributed by atoms with Crippen LogP contribution in [0.5, 0.6) is 0 Å². The van der Waals surface area contributed by atoms with Gasteiger partial charge in [0.1, 0.15) is 0 Å². The highest BCUT2D eigenvalue weighted by atomic mass is 35.5. The lowest BCUT2D eigenvalue weighted by Gasteiger charge is -2.31. The average molecular weight is 315 g/mol. The SMILES string of the molecule is CCC1(CC)CCN(C(CN)c2ccc(Cl)cc2Cl)C1. The molecule has 2 nitrogen and oxygen atoms in total. The highest BCUT2D eigenvalue weighted by molar-refractivity contribution is 6.35. The van der Waals surface area contributed by atoms with Crippen molar-refractivity contribution in [1.29, 1.82) is 0 Å². The van der Waals surface area contributed by atoms with Gasteiger partial charge in [0.15, 0.2) is 0 Å². The van der Waals surface area contributed by atoms with Crippen LogP contribution >= 0.6 is 23.2 Å². The molecule has 4 heteroatoms. The smallest absolute Gasteiger partial charge is 0.0485 e. The zero-order valence-electron chi connectivity index (χ0n) is 12.3. The van der Waals surface area contributed by atoms with Gasteiger partial charge in [0.25, 0.3) is 0 Å². The number of nitrogens with zero attached hydrogens (tertiary/aromatic N) is 1. The van der Waals surface area contributed by atoms with E-state index in [1.165, 1.54) is 19.3 Å². The summed E-state index contributed by atoms with van der Waals surface area (Å²) < 4.78 is 0. The maximum absolute atomic E-state index is 6.35. The van der Waals surface area contributed by atoms with Gasteiger partial charge in [0, 0.05) is 29.2 Å². The molecule has 0 bridgehead atoms. The lowest BCUT2D eigenvalue weighted by atomic mass is 9.82. The average Bonchev–Trinajstić information content (AvgIpc) is 2.87. The van der Waals surface area contributed by atoms with Gasteiger partial charge in [0.05, 0.1) is 0 Å².